The number of rotatable bonds is 3. The number of ether oxygens (including phenoxy) is 2. The molecular formula is C17H17N3O4S. The Balaban J connectivity index is 1.47. The molecule has 1 fully saturated rings. The fourth-order valence-electron chi connectivity index (χ4n) is 2.92. The van der Waals surface area contributed by atoms with Crippen LogP contribution in [0.2, 0.25) is 0 Å². The molecule has 25 heavy (non-hydrogen) atoms. The Morgan fingerprint density at radius 3 is 2.88 bits per heavy atom. The van der Waals surface area contributed by atoms with E-state index in [9.17, 15) is 9.59 Å². The Morgan fingerprint density at radius 2 is 2.12 bits per heavy atom. The minimum absolute atomic E-state index is 0.0782. The molecule has 0 aliphatic carbocycles. The van der Waals surface area contributed by atoms with Gasteiger partial charge in [0.25, 0.3) is 0 Å². The third kappa shape index (κ3) is 2.93. The molecule has 0 radical (unpaired) electrons. The van der Waals surface area contributed by atoms with E-state index in [1.165, 1.54) is 11.3 Å². The number of fused-ring (bicyclic) bond motifs is 1. The number of nitrogens with zero attached hydrogens (tertiary/aromatic N) is 2. The molecule has 2 aliphatic heterocycles. The SMILES string of the molecule is Cc1nc(NC(=O)[C@H]2CC(=O)N(c3ccc4c(c3)OCO4)C2)sc1C. The van der Waals surface area contributed by atoms with Gasteiger partial charge in [-0.1, -0.05) is 0 Å². The molecule has 0 spiro atoms. The molecule has 8 heteroatoms. The van der Waals surface area contributed by atoms with Crippen molar-refractivity contribution >= 4 is 34.0 Å². The highest BCUT2D eigenvalue weighted by Crippen LogP contribution is 2.37. The second-order valence-corrected chi connectivity index (χ2v) is 7.30. The molecule has 0 unspecified atom stereocenters. The van der Waals surface area contributed by atoms with Crippen molar-refractivity contribution in [1.82, 2.24) is 4.98 Å². The predicted octanol–water partition coefficient (Wildman–Crippen LogP) is 2.48. The highest BCUT2D eigenvalue weighted by Gasteiger charge is 2.36. The Morgan fingerprint density at radius 1 is 1.32 bits per heavy atom. The largest absolute Gasteiger partial charge is 0.454 e. The van der Waals surface area contributed by atoms with E-state index in [-0.39, 0.29) is 25.0 Å². The van der Waals surface area contributed by atoms with Crippen LogP contribution in [-0.2, 0) is 9.59 Å². The minimum atomic E-state index is -0.401. The van der Waals surface area contributed by atoms with Crippen LogP contribution >= 0.6 is 11.3 Å². The monoisotopic (exact) mass is 359 g/mol. The van der Waals surface area contributed by atoms with Crippen LogP contribution in [0.1, 0.15) is 17.0 Å². The summed E-state index contributed by atoms with van der Waals surface area (Å²) in [7, 11) is 0. The summed E-state index contributed by atoms with van der Waals surface area (Å²) in [5, 5.41) is 3.40. The van der Waals surface area contributed by atoms with E-state index >= 15 is 0 Å². The Kier molecular flexibility index (Phi) is 3.84. The summed E-state index contributed by atoms with van der Waals surface area (Å²) >= 11 is 1.44. The molecule has 1 aromatic heterocycles. The van der Waals surface area contributed by atoms with Crippen molar-refractivity contribution in [3.05, 3.63) is 28.8 Å². The number of anilines is 2. The number of nitrogens with one attached hydrogen (secondary N) is 1. The summed E-state index contributed by atoms with van der Waals surface area (Å²) in [6.07, 6.45) is 0.184. The average molecular weight is 359 g/mol. The lowest BCUT2D eigenvalue weighted by Gasteiger charge is -2.17. The molecule has 1 saturated heterocycles. The van der Waals surface area contributed by atoms with Gasteiger partial charge in [0.15, 0.2) is 16.6 Å². The zero-order valence-electron chi connectivity index (χ0n) is 13.9. The number of carbonyl (C=O) groups excluding carboxylic acids is 2. The van der Waals surface area contributed by atoms with Gasteiger partial charge in [0, 0.05) is 29.6 Å². The van der Waals surface area contributed by atoms with Crippen LogP contribution in [0, 0.1) is 19.8 Å². The molecule has 1 N–H and O–H groups in total. The number of hydrogen-bond acceptors (Lipinski definition) is 6. The van der Waals surface area contributed by atoms with Crippen molar-refractivity contribution in [3.63, 3.8) is 0 Å². The Hall–Kier alpha value is -2.61. The predicted molar refractivity (Wildman–Crippen MR) is 93.2 cm³/mol. The van der Waals surface area contributed by atoms with E-state index < -0.39 is 5.92 Å². The van der Waals surface area contributed by atoms with E-state index in [2.05, 4.69) is 10.3 Å². The fraction of sp³-hybridized carbons (Fsp3) is 0.353. The topological polar surface area (TPSA) is 80.8 Å². The van der Waals surface area contributed by atoms with Crippen molar-refractivity contribution in [1.29, 1.82) is 0 Å². The van der Waals surface area contributed by atoms with Crippen LogP contribution in [0.25, 0.3) is 0 Å². The molecule has 3 heterocycles. The summed E-state index contributed by atoms with van der Waals surface area (Å²) in [5.41, 5.74) is 1.62. The van der Waals surface area contributed by atoms with Gasteiger partial charge in [-0.2, -0.15) is 0 Å². The zero-order valence-corrected chi connectivity index (χ0v) is 14.7. The summed E-state index contributed by atoms with van der Waals surface area (Å²) in [6, 6.07) is 5.35. The van der Waals surface area contributed by atoms with E-state index in [4.69, 9.17) is 9.47 Å². The maximum Gasteiger partial charge on any atom is 0.231 e. The molecule has 2 aliphatic rings. The number of carbonyl (C=O) groups is 2. The van der Waals surface area contributed by atoms with Crippen molar-refractivity contribution in [2.24, 2.45) is 5.92 Å². The van der Waals surface area contributed by atoms with Crippen LogP contribution in [0.5, 0.6) is 11.5 Å². The van der Waals surface area contributed by atoms with E-state index in [0.717, 1.165) is 10.6 Å². The lowest BCUT2D eigenvalue weighted by atomic mass is 10.1. The molecule has 7 nitrogen and oxygen atoms in total. The average Bonchev–Trinajstić information content (AvgIpc) is 3.26. The van der Waals surface area contributed by atoms with Gasteiger partial charge >= 0.3 is 0 Å². The summed E-state index contributed by atoms with van der Waals surface area (Å²) in [6.45, 7) is 4.39. The maximum atomic E-state index is 12.5. The standard InChI is InChI=1S/C17H17N3O4S/c1-9-10(2)25-17(18-9)19-16(22)11-5-15(21)20(7-11)12-3-4-13-14(6-12)24-8-23-13/h3-4,6,11H,5,7-8H2,1-2H3,(H,18,19,22)/t11-/m0/s1. The van der Waals surface area contributed by atoms with E-state index in [1.54, 1.807) is 23.1 Å². The first-order valence-corrected chi connectivity index (χ1v) is 8.78. The van der Waals surface area contributed by atoms with Gasteiger partial charge in [-0.15, -0.1) is 11.3 Å². The molecule has 2 aromatic rings. The number of benzene rings is 1. The van der Waals surface area contributed by atoms with Gasteiger partial charge in [-0.05, 0) is 26.0 Å². The second kappa shape index (κ2) is 6.03. The van der Waals surface area contributed by atoms with Gasteiger partial charge in [0.05, 0.1) is 11.6 Å². The van der Waals surface area contributed by atoms with Gasteiger partial charge in [-0.3, -0.25) is 9.59 Å². The first-order valence-electron chi connectivity index (χ1n) is 7.96. The smallest absolute Gasteiger partial charge is 0.231 e. The van der Waals surface area contributed by atoms with Crippen molar-refractivity contribution in [2.75, 3.05) is 23.6 Å². The first kappa shape index (κ1) is 15.9. The maximum absolute atomic E-state index is 12.5. The number of aryl methyl sites for hydroxylation is 2. The van der Waals surface area contributed by atoms with Crippen molar-refractivity contribution in [3.8, 4) is 11.5 Å². The van der Waals surface area contributed by atoms with Crippen LogP contribution in [0.15, 0.2) is 18.2 Å². The normalized spacial score (nSPS) is 18.7. The number of thiazole rings is 1. The molecule has 2 amide bonds. The van der Waals surface area contributed by atoms with Crippen LogP contribution in [-0.4, -0.2) is 30.1 Å². The van der Waals surface area contributed by atoms with E-state index in [1.807, 2.05) is 13.8 Å². The highest BCUT2D eigenvalue weighted by molar-refractivity contribution is 7.15. The number of hydrogen-bond donors (Lipinski definition) is 1. The molecule has 1 atom stereocenters. The Labute approximate surface area is 148 Å². The molecular weight excluding hydrogens is 342 g/mol. The summed E-state index contributed by atoms with van der Waals surface area (Å²) in [5.74, 6) is 0.629. The van der Waals surface area contributed by atoms with Crippen LogP contribution in [0.4, 0.5) is 10.8 Å². The minimum Gasteiger partial charge on any atom is -0.454 e. The van der Waals surface area contributed by atoms with Crippen molar-refractivity contribution in [2.45, 2.75) is 20.3 Å². The quantitative estimate of drug-likeness (QED) is 0.911. The lowest BCUT2D eigenvalue weighted by Crippen LogP contribution is -2.28. The number of amides is 2. The summed E-state index contributed by atoms with van der Waals surface area (Å²) in [4.78, 5) is 31.8. The first-order chi connectivity index (χ1) is 12.0. The van der Waals surface area contributed by atoms with Crippen molar-refractivity contribution < 1.29 is 19.1 Å². The molecule has 1 aromatic carbocycles. The van der Waals surface area contributed by atoms with E-state index in [0.29, 0.717) is 28.9 Å². The lowest BCUT2D eigenvalue weighted by molar-refractivity contribution is -0.122. The molecule has 4 rings (SSSR count). The molecule has 130 valence electrons. The Bertz CT molecular complexity index is 844. The number of aromatic nitrogens is 1. The highest BCUT2D eigenvalue weighted by atomic mass is 32.1. The molecule has 0 saturated carbocycles. The zero-order chi connectivity index (χ0) is 17.6. The molecule has 0 bridgehead atoms. The summed E-state index contributed by atoms with van der Waals surface area (Å²) < 4.78 is 10.6. The fourth-order valence-corrected chi connectivity index (χ4v) is 3.74. The van der Waals surface area contributed by atoms with Gasteiger partial charge < -0.3 is 19.7 Å². The van der Waals surface area contributed by atoms with Gasteiger partial charge in [0.1, 0.15) is 0 Å². The van der Waals surface area contributed by atoms with Crippen LogP contribution < -0.4 is 19.7 Å². The van der Waals surface area contributed by atoms with Gasteiger partial charge in [0.2, 0.25) is 18.6 Å². The third-order valence-corrected chi connectivity index (χ3v) is 5.41. The van der Waals surface area contributed by atoms with Crippen LogP contribution in [0.3, 0.4) is 0 Å². The van der Waals surface area contributed by atoms with Gasteiger partial charge in [-0.25, -0.2) is 4.98 Å². The second-order valence-electron chi connectivity index (χ2n) is 6.09. The third-order valence-electron chi connectivity index (χ3n) is 4.42.